The number of benzene rings is 1. The molecule has 0 radical (unpaired) electrons. The zero-order valence-electron chi connectivity index (χ0n) is 11.4. The van der Waals surface area contributed by atoms with E-state index in [2.05, 4.69) is 11.9 Å². The molecule has 0 aliphatic carbocycles. The molecular formula is C14H19N3OS. The molecule has 2 atom stereocenters. The number of nitrogens with zero attached hydrogens (tertiary/aromatic N) is 2. The lowest BCUT2D eigenvalue weighted by molar-refractivity contribution is 0.414. The minimum absolute atomic E-state index is 0.0346. The predicted octanol–water partition coefficient (Wildman–Crippen LogP) is 2.61. The van der Waals surface area contributed by atoms with Gasteiger partial charge in [-0.05, 0) is 17.7 Å². The minimum Gasteiger partial charge on any atom is -0.497 e. The number of aromatic nitrogens is 2. The van der Waals surface area contributed by atoms with Crippen molar-refractivity contribution in [2.75, 3.05) is 7.11 Å². The van der Waals surface area contributed by atoms with E-state index >= 15 is 0 Å². The predicted molar refractivity (Wildman–Crippen MR) is 78.4 cm³/mol. The molecule has 0 fully saturated rings. The van der Waals surface area contributed by atoms with Gasteiger partial charge in [-0.25, -0.2) is 4.98 Å². The summed E-state index contributed by atoms with van der Waals surface area (Å²) in [4.78, 5) is 4.31. The fraction of sp³-hybridized carbons (Fsp3) is 0.357. The molecule has 19 heavy (non-hydrogen) atoms. The maximum absolute atomic E-state index is 6.30. The molecule has 4 nitrogen and oxygen atoms in total. The van der Waals surface area contributed by atoms with Crippen LogP contribution in [0.25, 0.3) is 0 Å². The van der Waals surface area contributed by atoms with E-state index in [1.807, 2.05) is 42.1 Å². The maximum atomic E-state index is 6.30. The number of methoxy groups -OCH3 is 1. The van der Waals surface area contributed by atoms with E-state index in [9.17, 15) is 0 Å². The molecular weight excluding hydrogens is 258 g/mol. The van der Waals surface area contributed by atoms with E-state index in [0.717, 1.165) is 16.5 Å². The Balaban J connectivity index is 2.05. The van der Waals surface area contributed by atoms with Gasteiger partial charge in [0.25, 0.3) is 0 Å². The number of thioether (sulfide) groups is 1. The standard InChI is InChI=1S/C14H19N3OS/c1-10(19-14-16-8-9-17(14)2)13(15)11-4-6-12(18-3)7-5-11/h4-10,13H,15H2,1-3H3. The van der Waals surface area contributed by atoms with Crippen molar-refractivity contribution < 1.29 is 4.74 Å². The van der Waals surface area contributed by atoms with Gasteiger partial charge in [-0.15, -0.1) is 0 Å². The molecule has 102 valence electrons. The molecule has 5 heteroatoms. The Morgan fingerprint density at radius 2 is 2.00 bits per heavy atom. The molecule has 1 heterocycles. The molecule has 0 aliphatic rings. The summed E-state index contributed by atoms with van der Waals surface area (Å²) in [5.41, 5.74) is 7.40. The zero-order chi connectivity index (χ0) is 13.8. The van der Waals surface area contributed by atoms with Crippen molar-refractivity contribution in [3.8, 4) is 5.75 Å². The average molecular weight is 277 g/mol. The van der Waals surface area contributed by atoms with Crippen LogP contribution < -0.4 is 10.5 Å². The smallest absolute Gasteiger partial charge is 0.167 e. The van der Waals surface area contributed by atoms with Crippen LogP contribution in [0.15, 0.2) is 41.8 Å². The van der Waals surface area contributed by atoms with Gasteiger partial charge >= 0.3 is 0 Å². The molecule has 0 spiro atoms. The fourth-order valence-electron chi connectivity index (χ4n) is 1.80. The number of nitrogens with two attached hydrogens (primary N) is 1. The molecule has 0 saturated carbocycles. The second kappa shape index (κ2) is 6.12. The van der Waals surface area contributed by atoms with Crippen molar-refractivity contribution in [3.05, 3.63) is 42.2 Å². The average Bonchev–Trinajstić information content (AvgIpc) is 2.83. The number of ether oxygens (including phenoxy) is 1. The van der Waals surface area contributed by atoms with Gasteiger partial charge in [0.1, 0.15) is 5.75 Å². The van der Waals surface area contributed by atoms with Gasteiger partial charge in [-0.2, -0.15) is 0 Å². The lowest BCUT2D eigenvalue weighted by Crippen LogP contribution is -2.21. The van der Waals surface area contributed by atoms with E-state index in [-0.39, 0.29) is 11.3 Å². The molecule has 0 bridgehead atoms. The van der Waals surface area contributed by atoms with Gasteiger partial charge in [0, 0.05) is 30.7 Å². The Hall–Kier alpha value is -1.46. The number of aryl methyl sites for hydroxylation is 1. The third kappa shape index (κ3) is 3.30. The molecule has 1 aromatic heterocycles. The summed E-state index contributed by atoms with van der Waals surface area (Å²) in [6.07, 6.45) is 3.74. The lowest BCUT2D eigenvalue weighted by atomic mass is 10.1. The number of hydrogen-bond acceptors (Lipinski definition) is 4. The summed E-state index contributed by atoms with van der Waals surface area (Å²) < 4.78 is 7.15. The topological polar surface area (TPSA) is 53.1 Å². The molecule has 2 aromatic rings. The van der Waals surface area contributed by atoms with Crippen LogP contribution in [-0.2, 0) is 7.05 Å². The Kier molecular flexibility index (Phi) is 4.50. The van der Waals surface area contributed by atoms with E-state index in [0.29, 0.717) is 0 Å². The molecule has 0 saturated heterocycles. The summed E-state index contributed by atoms with van der Waals surface area (Å²) in [5, 5.41) is 1.23. The van der Waals surface area contributed by atoms with Crippen molar-refractivity contribution in [1.82, 2.24) is 9.55 Å². The van der Waals surface area contributed by atoms with Gasteiger partial charge in [-0.3, -0.25) is 0 Å². The lowest BCUT2D eigenvalue weighted by Gasteiger charge is -2.19. The van der Waals surface area contributed by atoms with Gasteiger partial charge in [0.15, 0.2) is 5.16 Å². The number of imidazole rings is 1. The monoisotopic (exact) mass is 277 g/mol. The van der Waals surface area contributed by atoms with E-state index in [1.54, 1.807) is 25.1 Å². The van der Waals surface area contributed by atoms with Crippen molar-refractivity contribution >= 4 is 11.8 Å². The Bertz CT molecular complexity index is 524. The van der Waals surface area contributed by atoms with E-state index in [4.69, 9.17) is 10.5 Å². The summed E-state index contributed by atoms with van der Waals surface area (Å²) >= 11 is 1.69. The Morgan fingerprint density at radius 1 is 1.32 bits per heavy atom. The van der Waals surface area contributed by atoms with Crippen molar-refractivity contribution in [1.29, 1.82) is 0 Å². The summed E-state index contributed by atoms with van der Waals surface area (Å²) in [7, 11) is 3.65. The third-order valence-electron chi connectivity index (χ3n) is 3.07. The molecule has 0 amide bonds. The second-order valence-electron chi connectivity index (χ2n) is 4.44. The van der Waals surface area contributed by atoms with Crippen LogP contribution in [0.1, 0.15) is 18.5 Å². The molecule has 2 unspecified atom stereocenters. The molecule has 2 N–H and O–H groups in total. The second-order valence-corrected chi connectivity index (χ2v) is 5.79. The first-order valence-corrected chi connectivity index (χ1v) is 7.03. The van der Waals surface area contributed by atoms with Crippen LogP contribution in [-0.4, -0.2) is 21.9 Å². The molecule has 2 rings (SSSR count). The van der Waals surface area contributed by atoms with Crippen molar-refractivity contribution in [3.63, 3.8) is 0 Å². The van der Waals surface area contributed by atoms with E-state index < -0.39 is 0 Å². The van der Waals surface area contributed by atoms with Crippen LogP contribution in [0, 0.1) is 0 Å². The van der Waals surface area contributed by atoms with Crippen LogP contribution in [0.2, 0.25) is 0 Å². The van der Waals surface area contributed by atoms with Gasteiger partial charge < -0.3 is 15.0 Å². The van der Waals surface area contributed by atoms with Crippen LogP contribution in [0.3, 0.4) is 0 Å². The first-order chi connectivity index (χ1) is 9.11. The SMILES string of the molecule is COc1ccc(C(N)C(C)Sc2nccn2C)cc1. The van der Waals surface area contributed by atoms with Gasteiger partial charge in [0.05, 0.1) is 7.11 Å². The summed E-state index contributed by atoms with van der Waals surface area (Å²) in [5.74, 6) is 0.848. The first kappa shape index (κ1) is 14.0. The quantitative estimate of drug-likeness (QED) is 0.854. The summed E-state index contributed by atoms with van der Waals surface area (Å²) in [6.45, 7) is 2.12. The largest absolute Gasteiger partial charge is 0.497 e. The number of hydrogen-bond donors (Lipinski definition) is 1. The minimum atomic E-state index is -0.0346. The van der Waals surface area contributed by atoms with Crippen molar-refractivity contribution in [2.24, 2.45) is 12.8 Å². The Labute approximate surface area is 118 Å². The van der Waals surface area contributed by atoms with Crippen LogP contribution in [0.4, 0.5) is 0 Å². The fourth-order valence-corrected chi connectivity index (χ4v) is 2.79. The van der Waals surface area contributed by atoms with Crippen LogP contribution in [0.5, 0.6) is 5.75 Å². The van der Waals surface area contributed by atoms with Crippen molar-refractivity contribution in [2.45, 2.75) is 23.4 Å². The zero-order valence-corrected chi connectivity index (χ0v) is 12.2. The van der Waals surface area contributed by atoms with Gasteiger partial charge in [-0.1, -0.05) is 30.8 Å². The highest BCUT2D eigenvalue weighted by Crippen LogP contribution is 2.29. The van der Waals surface area contributed by atoms with Crippen LogP contribution >= 0.6 is 11.8 Å². The summed E-state index contributed by atoms with van der Waals surface area (Å²) in [6, 6.07) is 7.87. The highest BCUT2D eigenvalue weighted by Gasteiger charge is 2.17. The third-order valence-corrected chi connectivity index (χ3v) is 4.34. The Morgan fingerprint density at radius 3 is 2.53 bits per heavy atom. The number of rotatable bonds is 5. The van der Waals surface area contributed by atoms with E-state index in [1.165, 1.54) is 0 Å². The molecule has 0 aliphatic heterocycles. The maximum Gasteiger partial charge on any atom is 0.167 e. The first-order valence-electron chi connectivity index (χ1n) is 6.15. The van der Waals surface area contributed by atoms with Gasteiger partial charge in [0.2, 0.25) is 0 Å². The normalized spacial score (nSPS) is 14.1. The highest BCUT2D eigenvalue weighted by molar-refractivity contribution is 7.99. The highest BCUT2D eigenvalue weighted by atomic mass is 32.2. The molecule has 1 aromatic carbocycles.